The van der Waals surface area contributed by atoms with E-state index in [0.717, 1.165) is 14.7 Å². The van der Waals surface area contributed by atoms with Gasteiger partial charge in [-0.05, 0) is 65.1 Å². The third-order valence-electron chi connectivity index (χ3n) is 3.96. The van der Waals surface area contributed by atoms with E-state index in [0.29, 0.717) is 0 Å². The van der Waals surface area contributed by atoms with Crippen molar-refractivity contribution in [1.82, 2.24) is 0 Å². The molecule has 17 heavy (non-hydrogen) atoms. The Bertz CT molecular complexity index is 461. The van der Waals surface area contributed by atoms with Gasteiger partial charge in [-0.25, -0.2) is 8.78 Å². The summed E-state index contributed by atoms with van der Waals surface area (Å²) in [4.78, 5) is 0. The SMILES string of the molecule is CC1(C)CC(F)(F)C(C)(C)c2cc(I)ccc21. The zero-order valence-electron chi connectivity index (χ0n) is 10.6. The van der Waals surface area contributed by atoms with Gasteiger partial charge >= 0.3 is 0 Å². The number of benzene rings is 1. The molecule has 0 saturated heterocycles. The topological polar surface area (TPSA) is 0 Å². The fourth-order valence-electron chi connectivity index (χ4n) is 2.69. The molecule has 2 rings (SSSR count). The summed E-state index contributed by atoms with van der Waals surface area (Å²) in [5.41, 5.74) is 0.317. The van der Waals surface area contributed by atoms with Gasteiger partial charge in [0.1, 0.15) is 0 Å². The standard InChI is InChI=1S/C14H17F2I/c1-12(2)8-14(15,16)13(3,4)11-7-9(17)5-6-10(11)12/h5-7H,8H2,1-4H3. The maximum absolute atomic E-state index is 14.3. The third kappa shape index (κ3) is 1.90. The molecule has 3 heteroatoms. The molecule has 0 heterocycles. The summed E-state index contributed by atoms with van der Waals surface area (Å²) < 4.78 is 29.6. The molecule has 1 aromatic carbocycles. The summed E-state index contributed by atoms with van der Waals surface area (Å²) in [6.07, 6.45) is -0.0827. The molecule has 0 nitrogen and oxygen atoms in total. The normalized spacial score (nSPS) is 24.2. The fraction of sp³-hybridized carbons (Fsp3) is 0.571. The number of alkyl halides is 2. The van der Waals surface area contributed by atoms with Crippen molar-refractivity contribution in [3.05, 3.63) is 32.9 Å². The van der Waals surface area contributed by atoms with E-state index in [1.807, 2.05) is 32.0 Å². The zero-order valence-corrected chi connectivity index (χ0v) is 12.7. The molecule has 1 aliphatic rings. The van der Waals surface area contributed by atoms with Crippen LogP contribution in [0.2, 0.25) is 0 Å². The summed E-state index contributed by atoms with van der Waals surface area (Å²) >= 11 is 2.18. The third-order valence-corrected chi connectivity index (χ3v) is 4.63. The van der Waals surface area contributed by atoms with E-state index in [1.54, 1.807) is 13.8 Å². The van der Waals surface area contributed by atoms with Crippen LogP contribution in [-0.4, -0.2) is 5.92 Å². The zero-order chi connectivity index (χ0) is 13.1. The first-order valence-corrected chi connectivity index (χ1v) is 6.84. The molecule has 0 N–H and O–H groups in total. The Balaban J connectivity index is 2.74. The minimum atomic E-state index is -2.66. The Hall–Kier alpha value is -0.190. The van der Waals surface area contributed by atoms with Crippen molar-refractivity contribution in [2.24, 2.45) is 0 Å². The minimum absolute atomic E-state index is 0.0827. The van der Waals surface area contributed by atoms with E-state index < -0.39 is 16.8 Å². The molecule has 0 atom stereocenters. The van der Waals surface area contributed by atoms with Gasteiger partial charge in [-0.3, -0.25) is 0 Å². The molecule has 0 saturated carbocycles. The Morgan fingerprint density at radius 2 is 1.65 bits per heavy atom. The van der Waals surface area contributed by atoms with Crippen LogP contribution in [0.3, 0.4) is 0 Å². The molecule has 0 fully saturated rings. The van der Waals surface area contributed by atoms with Crippen molar-refractivity contribution >= 4 is 22.6 Å². The first-order chi connectivity index (χ1) is 7.58. The summed E-state index contributed by atoms with van der Waals surface area (Å²) in [5.74, 6) is -2.66. The second-order valence-electron chi connectivity index (χ2n) is 6.08. The molecule has 1 aromatic rings. The fourth-order valence-corrected chi connectivity index (χ4v) is 3.18. The van der Waals surface area contributed by atoms with Crippen LogP contribution >= 0.6 is 22.6 Å². The van der Waals surface area contributed by atoms with Gasteiger partial charge in [-0.2, -0.15) is 0 Å². The van der Waals surface area contributed by atoms with E-state index >= 15 is 0 Å². The molecular formula is C14H17F2I. The van der Waals surface area contributed by atoms with Crippen LogP contribution in [0.4, 0.5) is 8.78 Å². The van der Waals surface area contributed by atoms with Crippen LogP contribution in [0.5, 0.6) is 0 Å². The van der Waals surface area contributed by atoms with Crippen molar-refractivity contribution in [3.63, 3.8) is 0 Å². The number of rotatable bonds is 0. The lowest BCUT2D eigenvalue weighted by atomic mass is 9.61. The van der Waals surface area contributed by atoms with Crippen molar-refractivity contribution in [2.45, 2.75) is 50.9 Å². The highest BCUT2D eigenvalue weighted by atomic mass is 127. The largest absolute Gasteiger partial charge is 0.257 e. The average Bonchev–Trinajstić information content (AvgIpc) is 2.13. The van der Waals surface area contributed by atoms with Crippen molar-refractivity contribution in [1.29, 1.82) is 0 Å². The summed E-state index contributed by atoms with van der Waals surface area (Å²) in [6.45, 7) is 7.11. The molecule has 1 aliphatic carbocycles. The summed E-state index contributed by atoms with van der Waals surface area (Å²) in [7, 11) is 0. The lowest BCUT2D eigenvalue weighted by molar-refractivity contribution is -0.0954. The van der Waals surface area contributed by atoms with Gasteiger partial charge in [0.2, 0.25) is 0 Å². The number of fused-ring (bicyclic) bond motifs is 1. The maximum atomic E-state index is 14.3. The van der Waals surface area contributed by atoms with E-state index in [-0.39, 0.29) is 6.42 Å². The second-order valence-corrected chi connectivity index (χ2v) is 7.33. The summed E-state index contributed by atoms with van der Waals surface area (Å²) in [6, 6.07) is 5.92. The molecule has 0 aliphatic heterocycles. The van der Waals surface area contributed by atoms with Gasteiger partial charge in [-0.1, -0.05) is 19.9 Å². The highest BCUT2D eigenvalue weighted by Crippen LogP contribution is 2.54. The van der Waals surface area contributed by atoms with Crippen LogP contribution in [-0.2, 0) is 10.8 Å². The van der Waals surface area contributed by atoms with E-state index in [4.69, 9.17) is 0 Å². The van der Waals surface area contributed by atoms with Gasteiger partial charge in [0.05, 0.1) is 5.41 Å². The maximum Gasteiger partial charge on any atom is 0.257 e. The van der Waals surface area contributed by atoms with Gasteiger partial charge in [0.25, 0.3) is 5.92 Å². The van der Waals surface area contributed by atoms with Crippen LogP contribution in [0, 0.1) is 3.57 Å². The van der Waals surface area contributed by atoms with Crippen LogP contribution in [0.25, 0.3) is 0 Å². The number of hydrogen-bond acceptors (Lipinski definition) is 0. The lowest BCUT2D eigenvalue weighted by Gasteiger charge is -2.47. The minimum Gasteiger partial charge on any atom is -0.206 e. The quantitative estimate of drug-likeness (QED) is 0.585. The van der Waals surface area contributed by atoms with Crippen molar-refractivity contribution in [3.8, 4) is 0 Å². The monoisotopic (exact) mass is 350 g/mol. The molecule has 0 amide bonds. The van der Waals surface area contributed by atoms with Crippen LogP contribution < -0.4 is 0 Å². The highest BCUT2D eigenvalue weighted by Gasteiger charge is 2.56. The molecule has 94 valence electrons. The van der Waals surface area contributed by atoms with Gasteiger partial charge in [0.15, 0.2) is 0 Å². The molecular weight excluding hydrogens is 333 g/mol. The van der Waals surface area contributed by atoms with Crippen LogP contribution in [0.15, 0.2) is 18.2 Å². The lowest BCUT2D eigenvalue weighted by Crippen LogP contribution is -2.50. The molecule has 0 bridgehead atoms. The highest BCUT2D eigenvalue weighted by molar-refractivity contribution is 14.1. The van der Waals surface area contributed by atoms with Gasteiger partial charge in [0, 0.05) is 9.99 Å². The van der Waals surface area contributed by atoms with Gasteiger partial charge in [-0.15, -0.1) is 0 Å². The van der Waals surface area contributed by atoms with Crippen molar-refractivity contribution < 1.29 is 8.78 Å². The predicted molar refractivity (Wildman–Crippen MR) is 74.8 cm³/mol. The molecule has 0 aromatic heterocycles. The Labute approximate surface area is 115 Å². The smallest absolute Gasteiger partial charge is 0.206 e. The van der Waals surface area contributed by atoms with Gasteiger partial charge < -0.3 is 0 Å². The first kappa shape index (κ1) is 13.2. The number of halogens is 3. The first-order valence-electron chi connectivity index (χ1n) is 5.76. The van der Waals surface area contributed by atoms with E-state index in [9.17, 15) is 8.78 Å². The summed E-state index contributed by atoms with van der Waals surface area (Å²) in [5, 5.41) is 0. The second kappa shape index (κ2) is 3.65. The molecule has 0 spiro atoms. The Morgan fingerprint density at radius 1 is 1.06 bits per heavy atom. The Kier molecular flexibility index (Phi) is 2.85. The number of hydrogen-bond donors (Lipinski definition) is 0. The molecule has 0 unspecified atom stereocenters. The van der Waals surface area contributed by atoms with Crippen molar-refractivity contribution in [2.75, 3.05) is 0 Å². The van der Waals surface area contributed by atoms with E-state index in [2.05, 4.69) is 22.6 Å². The van der Waals surface area contributed by atoms with Crippen LogP contribution in [0.1, 0.15) is 45.2 Å². The Morgan fingerprint density at radius 3 is 2.24 bits per heavy atom. The average molecular weight is 350 g/mol. The van der Waals surface area contributed by atoms with E-state index in [1.165, 1.54) is 0 Å². The molecule has 0 radical (unpaired) electrons. The predicted octanol–water partition coefficient (Wildman–Crippen LogP) is 4.89.